The Labute approximate surface area is 201 Å². The van der Waals surface area contributed by atoms with E-state index in [1.807, 2.05) is 42.8 Å². The first-order valence-electron chi connectivity index (χ1n) is 11.8. The molecule has 188 valence electrons. The first kappa shape index (κ1) is 24.7. The summed E-state index contributed by atoms with van der Waals surface area (Å²) < 4.78 is 46.5. The topological polar surface area (TPSA) is 84.7 Å². The molecule has 0 saturated heterocycles. The average Bonchev–Trinajstić information content (AvgIpc) is 3.30. The molecule has 0 fully saturated rings. The van der Waals surface area contributed by atoms with Gasteiger partial charge in [-0.15, -0.1) is 0 Å². The Morgan fingerprint density at radius 1 is 1.23 bits per heavy atom. The van der Waals surface area contributed by atoms with Gasteiger partial charge in [-0.3, -0.25) is 4.98 Å². The second-order valence-electron chi connectivity index (χ2n) is 8.67. The lowest BCUT2D eigenvalue weighted by atomic mass is 10.0. The summed E-state index contributed by atoms with van der Waals surface area (Å²) in [6.07, 6.45) is 3.19. The molecule has 0 radical (unpaired) electrons. The predicted octanol–water partition coefficient (Wildman–Crippen LogP) is 5.16. The molecule has 0 spiro atoms. The van der Waals surface area contributed by atoms with Crippen molar-refractivity contribution in [3.05, 3.63) is 42.6 Å². The lowest BCUT2D eigenvalue weighted by Crippen LogP contribution is -2.46. The van der Waals surface area contributed by atoms with Crippen molar-refractivity contribution < 1.29 is 22.7 Å². The molecule has 0 aliphatic carbocycles. The highest BCUT2D eigenvalue weighted by Gasteiger charge is 2.30. The number of imidazole rings is 1. The van der Waals surface area contributed by atoms with Crippen molar-refractivity contribution in [3.8, 4) is 17.1 Å². The maximum atomic E-state index is 13.1. The average molecular weight is 491 g/mol. The van der Waals surface area contributed by atoms with Crippen molar-refractivity contribution >= 4 is 11.7 Å². The molecule has 11 heteroatoms. The van der Waals surface area contributed by atoms with Crippen molar-refractivity contribution in [1.82, 2.24) is 29.6 Å². The first-order chi connectivity index (χ1) is 16.7. The molecule has 3 aromatic rings. The van der Waals surface area contributed by atoms with Gasteiger partial charge in [-0.2, -0.15) is 13.2 Å². The summed E-state index contributed by atoms with van der Waals surface area (Å²) in [5, 5.41) is 2.83. The molecule has 0 unspecified atom stereocenters. The number of carbonyl (C=O) groups is 1. The van der Waals surface area contributed by atoms with Crippen molar-refractivity contribution in [2.45, 2.75) is 64.2 Å². The fourth-order valence-corrected chi connectivity index (χ4v) is 4.27. The first-order valence-corrected chi connectivity index (χ1v) is 11.8. The van der Waals surface area contributed by atoms with E-state index >= 15 is 0 Å². The van der Waals surface area contributed by atoms with Crippen LogP contribution in [0.4, 0.5) is 18.0 Å². The van der Waals surface area contributed by atoms with Crippen LogP contribution in [0.15, 0.2) is 36.9 Å². The van der Waals surface area contributed by atoms with Crippen LogP contribution in [0.1, 0.15) is 57.7 Å². The zero-order valence-electron chi connectivity index (χ0n) is 19.8. The number of alkyl halides is 3. The van der Waals surface area contributed by atoms with E-state index in [4.69, 9.17) is 4.74 Å². The number of carbonyl (C=O) groups excluding carboxylic acids is 1. The molecule has 4 heterocycles. The van der Waals surface area contributed by atoms with Gasteiger partial charge in [0.25, 0.3) is 5.88 Å². The van der Waals surface area contributed by atoms with E-state index in [1.54, 1.807) is 17.3 Å². The number of fused-ring (bicyclic) bond motifs is 7. The smallest absolute Gasteiger partial charge is 0.389 e. The molecule has 1 aliphatic heterocycles. The van der Waals surface area contributed by atoms with E-state index in [-0.39, 0.29) is 6.42 Å². The zero-order valence-corrected chi connectivity index (χ0v) is 19.8. The van der Waals surface area contributed by atoms with Crippen LogP contribution in [0.25, 0.3) is 16.9 Å². The lowest BCUT2D eigenvalue weighted by Gasteiger charge is -2.30. The SMILES string of the molecule is CCN1C(=O)N[C@@H](CCC(F)(F)F)CCCCOc2nc(cn3ccnc23)-c2ccnc(c2)[C@H]1C. The van der Waals surface area contributed by atoms with Crippen molar-refractivity contribution in [2.75, 3.05) is 13.2 Å². The molecule has 2 amide bonds. The van der Waals surface area contributed by atoms with Gasteiger partial charge < -0.3 is 19.4 Å². The van der Waals surface area contributed by atoms with Crippen molar-refractivity contribution in [1.29, 1.82) is 0 Å². The number of nitrogens with one attached hydrogen (secondary N) is 1. The Balaban J connectivity index is 1.68. The highest BCUT2D eigenvalue weighted by atomic mass is 19.4. The van der Waals surface area contributed by atoms with Gasteiger partial charge in [-0.1, -0.05) is 0 Å². The quantitative estimate of drug-likeness (QED) is 0.548. The summed E-state index contributed by atoms with van der Waals surface area (Å²) in [6.45, 7) is 4.39. The normalized spacial score (nSPS) is 19.9. The second kappa shape index (κ2) is 10.5. The fraction of sp³-hybridized carbons (Fsp3) is 0.500. The van der Waals surface area contributed by atoms with Gasteiger partial charge in [0.1, 0.15) is 0 Å². The second-order valence-corrected chi connectivity index (χ2v) is 8.67. The molecular formula is C24H29F3N6O2. The van der Waals surface area contributed by atoms with Crippen LogP contribution in [0.2, 0.25) is 0 Å². The number of halogens is 3. The summed E-state index contributed by atoms with van der Waals surface area (Å²) in [4.78, 5) is 28.1. The Bertz CT molecular complexity index is 1170. The number of amides is 2. The van der Waals surface area contributed by atoms with Gasteiger partial charge in [0.2, 0.25) is 5.65 Å². The number of rotatable bonds is 3. The molecule has 4 rings (SSSR count). The lowest BCUT2D eigenvalue weighted by molar-refractivity contribution is -0.136. The summed E-state index contributed by atoms with van der Waals surface area (Å²) in [5.41, 5.74) is 2.71. The van der Waals surface area contributed by atoms with Gasteiger partial charge in [-0.05, 0) is 51.7 Å². The van der Waals surface area contributed by atoms with Crippen LogP contribution in [-0.4, -0.2) is 55.7 Å². The molecule has 0 aromatic carbocycles. The van der Waals surface area contributed by atoms with Crippen molar-refractivity contribution in [3.63, 3.8) is 0 Å². The Morgan fingerprint density at radius 2 is 2.06 bits per heavy atom. The number of nitrogens with zero attached hydrogens (tertiary/aromatic N) is 5. The predicted molar refractivity (Wildman–Crippen MR) is 124 cm³/mol. The molecule has 4 bridgehead atoms. The van der Waals surface area contributed by atoms with Crippen molar-refractivity contribution in [2.24, 2.45) is 0 Å². The van der Waals surface area contributed by atoms with Crippen LogP contribution in [-0.2, 0) is 0 Å². The number of hydrogen-bond acceptors (Lipinski definition) is 5. The summed E-state index contributed by atoms with van der Waals surface area (Å²) in [7, 11) is 0. The highest BCUT2D eigenvalue weighted by Crippen LogP contribution is 2.28. The minimum Gasteiger partial charge on any atom is -0.475 e. The molecule has 1 N–H and O–H groups in total. The number of aromatic nitrogens is 4. The van der Waals surface area contributed by atoms with Gasteiger partial charge in [0.05, 0.1) is 24.0 Å². The van der Waals surface area contributed by atoms with E-state index in [1.165, 1.54) is 0 Å². The minimum absolute atomic E-state index is 0.173. The largest absolute Gasteiger partial charge is 0.475 e. The van der Waals surface area contributed by atoms with Crippen LogP contribution >= 0.6 is 0 Å². The van der Waals surface area contributed by atoms with Gasteiger partial charge in [0, 0.05) is 49.4 Å². The standard InChI is InChI=1S/C24H29F3N6O2/c1-3-33-16(2)19-14-17(8-10-28-19)20-15-32-12-11-29-21(32)22(31-20)35-13-5-4-6-18(30-23(33)34)7-9-24(25,26)27/h8,10-12,14-16,18H,3-7,9,13H2,1-2H3,(H,30,34)/t16-,18-/m1/s1. The summed E-state index contributed by atoms with van der Waals surface area (Å²) >= 11 is 0. The zero-order chi connectivity index (χ0) is 25.0. The number of urea groups is 1. The summed E-state index contributed by atoms with van der Waals surface area (Å²) in [6, 6.07) is 2.30. The third kappa shape index (κ3) is 6.01. The highest BCUT2D eigenvalue weighted by molar-refractivity contribution is 5.75. The van der Waals surface area contributed by atoms with E-state index in [9.17, 15) is 18.0 Å². The number of pyridine rings is 1. The fourth-order valence-electron chi connectivity index (χ4n) is 4.27. The maximum absolute atomic E-state index is 13.1. The number of ether oxygens (including phenoxy) is 1. The van der Waals surface area contributed by atoms with Gasteiger partial charge in [-0.25, -0.2) is 14.8 Å². The van der Waals surface area contributed by atoms with Crippen LogP contribution in [0, 0.1) is 0 Å². The molecule has 1 aliphatic rings. The van der Waals surface area contributed by atoms with Crippen LogP contribution < -0.4 is 10.1 Å². The van der Waals surface area contributed by atoms with E-state index in [0.29, 0.717) is 55.3 Å². The summed E-state index contributed by atoms with van der Waals surface area (Å²) in [5.74, 6) is 0.392. The van der Waals surface area contributed by atoms with Gasteiger partial charge in [0.15, 0.2) is 0 Å². The van der Waals surface area contributed by atoms with Crippen LogP contribution in [0.3, 0.4) is 0 Å². The number of hydrogen-bond donors (Lipinski definition) is 1. The van der Waals surface area contributed by atoms with Crippen LogP contribution in [0.5, 0.6) is 5.88 Å². The molecule has 0 saturated carbocycles. The van der Waals surface area contributed by atoms with Gasteiger partial charge >= 0.3 is 12.2 Å². The monoisotopic (exact) mass is 490 g/mol. The molecule has 35 heavy (non-hydrogen) atoms. The Kier molecular flexibility index (Phi) is 7.42. The third-order valence-corrected chi connectivity index (χ3v) is 6.21. The van der Waals surface area contributed by atoms with E-state index in [2.05, 4.69) is 20.3 Å². The molecule has 3 aromatic heterocycles. The molecule has 2 atom stereocenters. The minimum atomic E-state index is -4.28. The Hall–Kier alpha value is -3.37. The maximum Gasteiger partial charge on any atom is 0.389 e. The molecule has 8 nitrogen and oxygen atoms in total. The van der Waals surface area contributed by atoms with E-state index in [0.717, 1.165) is 5.56 Å². The third-order valence-electron chi connectivity index (χ3n) is 6.21. The molecular weight excluding hydrogens is 461 g/mol. The Morgan fingerprint density at radius 3 is 2.83 bits per heavy atom. The van der Waals surface area contributed by atoms with E-state index < -0.39 is 30.7 Å².